The van der Waals surface area contributed by atoms with Gasteiger partial charge in [0.25, 0.3) is 10.0 Å². The van der Waals surface area contributed by atoms with Crippen LogP contribution in [-0.2, 0) is 21.2 Å². The van der Waals surface area contributed by atoms with Gasteiger partial charge in [-0.3, -0.25) is 4.79 Å². The van der Waals surface area contributed by atoms with Crippen LogP contribution in [0.25, 0.3) is 0 Å². The molecule has 0 fully saturated rings. The van der Waals surface area contributed by atoms with Crippen molar-refractivity contribution in [3.63, 3.8) is 0 Å². The summed E-state index contributed by atoms with van der Waals surface area (Å²) in [6.07, 6.45) is 1.99. The van der Waals surface area contributed by atoms with Gasteiger partial charge in [-0.15, -0.1) is 0 Å². The van der Waals surface area contributed by atoms with E-state index in [2.05, 4.69) is 14.7 Å². The standard InChI is InChI=1S/C11H19N3O4S/c1-4-9-12-6-10(13-9)19(17,18)14-8(11(15)16)5-7(2)3/h6-8,14H,4-5H2,1-3H3,(H,12,13)(H,15,16)/t8-/m0/s1. The number of aromatic nitrogens is 2. The highest BCUT2D eigenvalue weighted by Crippen LogP contribution is 2.11. The number of hydrogen-bond acceptors (Lipinski definition) is 4. The zero-order valence-corrected chi connectivity index (χ0v) is 12.0. The number of nitrogens with one attached hydrogen (secondary N) is 2. The van der Waals surface area contributed by atoms with Crippen molar-refractivity contribution in [1.29, 1.82) is 0 Å². The van der Waals surface area contributed by atoms with E-state index in [-0.39, 0.29) is 17.4 Å². The molecule has 7 nitrogen and oxygen atoms in total. The second-order valence-electron chi connectivity index (χ2n) is 4.69. The Morgan fingerprint density at radius 3 is 2.58 bits per heavy atom. The molecular weight excluding hydrogens is 270 g/mol. The Morgan fingerprint density at radius 1 is 1.53 bits per heavy atom. The highest BCUT2D eigenvalue weighted by Gasteiger charge is 2.27. The third-order valence-electron chi connectivity index (χ3n) is 2.53. The van der Waals surface area contributed by atoms with Crippen LogP contribution >= 0.6 is 0 Å². The third kappa shape index (κ3) is 4.32. The van der Waals surface area contributed by atoms with Crippen molar-refractivity contribution in [3.8, 4) is 0 Å². The zero-order valence-electron chi connectivity index (χ0n) is 11.2. The number of carboxylic acids is 1. The Hall–Kier alpha value is -1.41. The number of aliphatic carboxylic acids is 1. The molecule has 1 atom stereocenters. The maximum atomic E-state index is 12.0. The minimum absolute atomic E-state index is 0.0665. The van der Waals surface area contributed by atoms with E-state index in [4.69, 9.17) is 5.11 Å². The second kappa shape index (κ2) is 6.16. The molecule has 0 spiro atoms. The van der Waals surface area contributed by atoms with E-state index < -0.39 is 22.0 Å². The number of imidazole rings is 1. The van der Waals surface area contributed by atoms with E-state index >= 15 is 0 Å². The summed E-state index contributed by atoms with van der Waals surface area (Å²) in [4.78, 5) is 17.6. The van der Waals surface area contributed by atoms with Gasteiger partial charge in [0.1, 0.15) is 11.9 Å². The molecule has 0 radical (unpaired) electrons. The van der Waals surface area contributed by atoms with E-state index in [0.717, 1.165) is 0 Å². The molecule has 1 rings (SSSR count). The first-order valence-corrected chi connectivity index (χ1v) is 7.53. The van der Waals surface area contributed by atoms with E-state index in [9.17, 15) is 13.2 Å². The molecule has 1 aromatic heterocycles. The second-order valence-corrected chi connectivity index (χ2v) is 6.37. The highest BCUT2D eigenvalue weighted by molar-refractivity contribution is 7.89. The van der Waals surface area contributed by atoms with Gasteiger partial charge in [-0.1, -0.05) is 20.8 Å². The minimum Gasteiger partial charge on any atom is -0.480 e. The first-order chi connectivity index (χ1) is 8.76. The van der Waals surface area contributed by atoms with Crippen LogP contribution in [0, 0.1) is 5.92 Å². The summed E-state index contributed by atoms with van der Waals surface area (Å²) in [5.74, 6) is -0.583. The van der Waals surface area contributed by atoms with Crippen LogP contribution in [0.5, 0.6) is 0 Å². The van der Waals surface area contributed by atoms with Crippen molar-refractivity contribution < 1.29 is 18.3 Å². The van der Waals surface area contributed by atoms with Gasteiger partial charge in [0.2, 0.25) is 0 Å². The summed E-state index contributed by atoms with van der Waals surface area (Å²) >= 11 is 0. The molecule has 0 aliphatic rings. The fourth-order valence-corrected chi connectivity index (χ4v) is 2.72. The quantitative estimate of drug-likeness (QED) is 0.685. The Kier molecular flexibility index (Phi) is 5.07. The maximum absolute atomic E-state index is 12.0. The van der Waals surface area contributed by atoms with Crippen LogP contribution < -0.4 is 4.72 Å². The number of sulfonamides is 1. The lowest BCUT2D eigenvalue weighted by Gasteiger charge is -2.15. The topological polar surface area (TPSA) is 112 Å². The number of rotatable bonds is 7. The van der Waals surface area contributed by atoms with Gasteiger partial charge >= 0.3 is 5.97 Å². The van der Waals surface area contributed by atoms with E-state index in [0.29, 0.717) is 12.2 Å². The van der Waals surface area contributed by atoms with Gasteiger partial charge in [0, 0.05) is 6.42 Å². The molecule has 19 heavy (non-hydrogen) atoms. The van der Waals surface area contributed by atoms with Crippen LogP contribution in [0.15, 0.2) is 11.2 Å². The van der Waals surface area contributed by atoms with Crippen LogP contribution in [0.4, 0.5) is 0 Å². The van der Waals surface area contributed by atoms with E-state index in [1.165, 1.54) is 6.20 Å². The average molecular weight is 289 g/mol. The lowest BCUT2D eigenvalue weighted by Crippen LogP contribution is -2.41. The highest BCUT2D eigenvalue weighted by atomic mass is 32.2. The Bertz CT molecular complexity index is 536. The number of hydrogen-bond donors (Lipinski definition) is 3. The van der Waals surface area contributed by atoms with Crippen molar-refractivity contribution >= 4 is 16.0 Å². The maximum Gasteiger partial charge on any atom is 0.321 e. The van der Waals surface area contributed by atoms with Crippen LogP contribution in [0.2, 0.25) is 0 Å². The summed E-state index contributed by atoms with van der Waals surface area (Å²) in [6, 6.07) is -1.14. The first-order valence-electron chi connectivity index (χ1n) is 6.05. The van der Waals surface area contributed by atoms with Crippen LogP contribution in [-0.4, -0.2) is 35.5 Å². The summed E-state index contributed by atoms with van der Waals surface area (Å²) in [5, 5.41) is 8.92. The molecule has 8 heteroatoms. The molecule has 0 bridgehead atoms. The summed E-state index contributed by atoms with van der Waals surface area (Å²) in [5.41, 5.74) is 0. The predicted octanol–water partition coefficient (Wildman–Crippen LogP) is 0.750. The fraction of sp³-hybridized carbons (Fsp3) is 0.636. The van der Waals surface area contributed by atoms with Crippen molar-refractivity contribution in [2.45, 2.75) is 44.7 Å². The minimum atomic E-state index is -3.89. The molecule has 0 saturated heterocycles. The van der Waals surface area contributed by atoms with Crippen molar-refractivity contribution in [2.24, 2.45) is 5.92 Å². The molecule has 0 unspecified atom stereocenters. The molecule has 0 aliphatic carbocycles. The van der Waals surface area contributed by atoms with Gasteiger partial charge in [-0.2, -0.15) is 4.72 Å². The number of nitrogens with zero attached hydrogens (tertiary/aromatic N) is 1. The van der Waals surface area contributed by atoms with Crippen molar-refractivity contribution in [1.82, 2.24) is 14.7 Å². The Morgan fingerprint density at radius 2 is 2.16 bits per heavy atom. The summed E-state index contributed by atoms with van der Waals surface area (Å²) < 4.78 is 26.2. The Balaban J connectivity index is 2.90. The third-order valence-corrected chi connectivity index (χ3v) is 3.91. The smallest absolute Gasteiger partial charge is 0.321 e. The molecule has 108 valence electrons. The molecule has 1 aromatic rings. The lowest BCUT2D eigenvalue weighted by molar-refractivity contribution is -0.139. The molecule has 0 amide bonds. The Labute approximate surface area is 112 Å². The largest absolute Gasteiger partial charge is 0.480 e. The van der Waals surface area contributed by atoms with Gasteiger partial charge in [-0.25, -0.2) is 13.4 Å². The number of carbonyl (C=O) groups is 1. The lowest BCUT2D eigenvalue weighted by atomic mass is 10.1. The molecule has 0 aromatic carbocycles. The molecule has 0 saturated carbocycles. The molecule has 0 aliphatic heterocycles. The molecule has 3 N–H and O–H groups in total. The monoisotopic (exact) mass is 289 g/mol. The molecular formula is C11H19N3O4S. The number of aromatic amines is 1. The summed E-state index contributed by atoms with van der Waals surface area (Å²) in [7, 11) is -3.89. The van der Waals surface area contributed by atoms with Crippen LogP contribution in [0.3, 0.4) is 0 Å². The van der Waals surface area contributed by atoms with Crippen molar-refractivity contribution in [3.05, 3.63) is 12.0 Å². The average Bonchev–Trinajstić information content (AvgIpc) is 2.76. The van der Waals surface area contributed by atoms with Gasteiger partial charge in [-0.05, 0) is 12.3 Å². The summed E-state index contributed by atoms with van der Waals surface area (Å²) in [6.45, 7) is 5.49. The first kappa shape index (κ1) is 15.6. The van der Waals surface area contributed by atoms with E-state index in [1.807, 2.05) is 20.8 Å². The number of H-pyrrole nitrogens is 1. The number of aryl methyl sites for hydroxylation is 1. The fourth-order valence-electron chi connectivity index (χ4n) is 1.58. The normalized spacial score (nSPS) is 13.7. The van der Waals surface area contributed by atoms with E-state index in [1.54, 1.807) is 0 Å². The predicted molar refractivity (Wildman–Crippen MR) is 69.2 cm³/mol. The number of carboxylic acid groups (broad SMARTS) is 1. The molecule has 1 heterocycles. The van der Waals surface area contributed by atoms with Crippen molar-refractivity contribution in [2.75, 3.05) is 0 Å². The van der Waals surface area contributed by atoms with Crippen LogP contribution in [0.1, 0.15) is 33.0 Å². The van der Waals surface area contributed by atoms with Gasteiger partial charge < -0.3 is 10.1 Å². The SMILES string of the molecule is CCc1ncc(S(=O)(=O)N[C@@H](CC(C)C)C(=O)O)[nH]1. The van der Waals surface area contributed by atoms with Gasteiger partial charge in [0.05, 0.1) is 6.20 Å². The van der Waals surface area contributed by atoms with Gasteiger partial charge in [0.15, 0.2) is 5.03 Å². The zero-order chi connectivity index (χ0) is 14.6.